The number of hydrogen-bond donors (Lipinski definition) is 1. The van der Waals surface area contributed by atoms with Crippen LogP contribution in [0.4, 0.5) is 0 Å². The molecule has 0 bridgehead atoms. The number of methoxy groups -OCH3 is 2. The van der Waals surface area contributed by atoms with Crippen LogP contribution in [0.3, 0.4) is 0 Å². The normalized spacial score (nSPS) is 23.0. The zero-order chi connectivity index (χ0) is 22.4. The molecule has 172 valence electrons. The molecule has 1 saturated carbocycles. The molecule has 1 aromatic rings. The van der Waals surface area contributed by atoms with E-state index in [-0.39, 0.29) is 12.7 Å². The van der Waals surface area contributed by atoms with Gasteiger partial charge in [0.1, 0.15) is 0 Å². The minimum atomic E-state index is -1.15. The zero-order valence-corrected chi connectivity index (χ0v) is 18.7. The zero-order valence-electron chi connectivity index (χ0n) is 18.7. The quantitative estimate of drug-likeness (QED) is 0.468. The largest absolute Gasteiger partial charge is 0.493 e. The third-order valence-corrected chi connectivity index (χ3v) is 6.26. The highest BCUT2D eigenvalue weighted by molar-refractivity contribution is 5.74. The van der Waals surface area contributed by atoms with Gasteiger partial charge in [-0.1, -0.05) is 18.6 Å². The summed E-state index contributed by atoms with van der Waals surface area (Å²) in [5, 5.41) is 11.3. The minimum absolute atomic E-state index is 0.212. The molecule has 1 aliphatic heterocycles. The summed E-state index contributed by atoms with van der Waals surface area (Å²) in [6.45, 7) is 6.25. The molecule has 0 amide bonds. The van der Waals surface area contributed by atoms with Crippen molar-refractivity contribution in [2.75, 3.05) is 27.4 Å². The molecule has 1 spiro atoms. The molecule has 3 rings (SSSR count). The van der Waals surface area contributed by atoms with E-state index in [4.69, 9.17) is 23.7 Å². The van der Waals surface area contributed by atoms with Gasteiger partial charge in [0, 0.05) is 18.8 Å². The van der Waals surface area contributed by atoms with Crippen molar-refractivity contribution < 1.29 is 33.6 Å². The molecule has 0 radical (unpaired) electrons. The maximum Gasteiger partial charge on any atom is 0.312 e. The van der Waals surface area contributed by atoms with E-state index in [1.165, 1.54) is 13.5 Å². The van der Waals surface area contributed by atoms with E-state index in [2.05, 4.69) is 6.58 Å². The van der Waals surface area contributed by atoms with Gasteiger partial charge in [-0.05, 0) is 37.5 Å². The Morgan fingerprint density at radius 2 is 1.97 bits per heavy atom. The van der Waals surface area contributed by atoms with Gasteiger partial charge in [-0.3, -0.25) is 4.79 Å². The van der Waals surface area contributed by atoms with E-state index < -0.39 is 29.7 Å². The lowest BCUT2D eigenvalue weighted by atomic mass is 9.81. The third kappa shape index (κ3) is 5.05. The van der Waals surface area contributed by atoms with Gasteiger partial charge in [-0.2, -0.15) is 0 Å². The van der Waals surface area contributed by atoms with Gasteiger partial charge in [-0.25, -0.2) is 0 Å². The lowest BCUT2D eigenvalue weighted by Crippen LogP contribution is -2.40. The van der Waals surface area contributed by atoms with Crippen LogP contribution >= 0.6 is 0 Å². The van der Waals surface area contributed by atoms with E-state index in [9.17, 15) is 9.90 Å². The molecule has 1 saturated heterocycles. The Balaban J connectivity index is 1.88. The number of esters is 1. The Labute approximate surface area is 184 Å². The lowest BCUT2D eigenvalue weighted by Gasteiger charge is -2.34. The molecule has 7 nitrogen and oxygen atoms in total. The summed E-state index contributed by atoms with van der Waals surface area (Å²) >= 11 is 0. The summed E-state index contributed by atoms with van der Waals surface area (Å²) in [5.41, 5.74) is 0.522. The molecule has 31 heavy (non-hydrogen) atoms. The van der Waals surface area contributed by atoms with Crippen LogP contribution in [0.25, 0.3) is 0 Å². The fourth-order valence-electron chi connectivity index (χ4n) is 4.63. The highest BCUT2D eigenvalue weighted by atomic mass is 16.7. The van der Waals surface area contributed by atoms with Crippen LogP contribution in [0.1, 0.15) is 50.7 Å². The summed E-state index contributed by atoms with van der Waals surface area (Å²) in [5.74, 6) is -1.46. The molecule has 1 N–H and O–H groups in total. The number of carbonyl (C=O) groups is 1. The van der Waals surface area contributed by atoms with Gasteiger partial charge in [0.15, 0.2) is 17.3 Å². The SMILES string of the molecule is C=C[C@H]([C@@H](C(=O)OCC)[C@H](O)c1ccc(OC)c(OC)c1)[C@H]1COC2(CCCCC2)O1. The fraction of sp³-hybridized carbons (Fsp3) is 0.625. The number of ether oxygens (including phenoxy) is 5. The van der Waals surface area contributed by atoms with Crippen LogP contribution in [0, 0.1) is 11.8 Å². The molecule has 1 aliphatic carbocycles. The van der Waals surface area contributed by atoms with Crippen molar-refractivity contribution in [3.63, 3.8) is 0 Å². The van der Waals surface area contributed by atoms with Crippen molar-refractivity contribution in [2.24, 2.45) is 11.8 Å². The first kappa shape index (κ1) is 23.6. The monoisotopic (exact) mass is 434 g/mol. The molecule has 0 aromatic heterocycles. The van der Waals surface area contributed by atoms with Gasteiger partial charge in [0.2, 0.25) is 0 Å². The summed E-state index contributed by atoms with van der Waals surface area (Å²) in [7, 11) is 3.07. The average molecular weight is 435 g/mol. The topological polar surface area (TPSA) is 83.5 Å². The molecule has 2 fully saturated rings. The first-order valence-electron chi connectivity index (χ1n) is 11.0. The van der Waals surface area contributed by atoms with Crippen molar-refractivity contribution in [1.29, 1.82) is 0 Å². The number of aliphatic hydroxyl groups excluding tert-OH is 1. The Hall–Kier alpha value is -2.09. The van der Waals surface area contributed by atoms with Crippen molar-refractivity contribution in [1.82, 2.24) is 0 Å². The molecule has 1 aromatic carbocycles. The van der Waals surface area contributed by atoms with Crippen LogP contribution < -0.4 is 9.47 Å². The lowest BCUT2D eigenvalue weighted by molar-refractivity contribution is -0.194. The number of aliphatic hydroxyl groups is 1. The highest BCUT2D eigenvalue weighted by Gasteiger charge is 2.48. The molecule has 7 heteroatoms. The summed E-state index contributed by atoms with van der Waals surface area (Å²) in [4.78, 5) is 13.0. The van der Waals surface area contributed by atoms with E-state index in [1.807, 2.05) is 0 Å². The van der Waals surface area contributed by atoms with Gasteiger partial charge < -0.3 is 28.8 Å². The van der Waals surface area contributed by atoms with Crippen molar-refractivity contribution >= 4 is 5.97 Å². The third-order valence-electron chi connectivity index (χ3n) is 6.26. The second-order valence-corrected chi connectivity index (χ2v) is 8.09. The highest BCUT2D eigenvalue weighted by Crippen LogP contribution is 2.43. The van der Waals surface area contributed by atoms with Crippen LogP contribution in [-0.2, 0) is 19.0 Å². The molecule has 0 unspecified atom stereocenters. The van der Waals surface area contributed by atoms with Crippen LogP contribution in [0.2, 0.25) is 0 Å². The van der Waals surface area contributed by atoms with Gasteiger partial charge in [-0.15, -0.1) is 6.58 Å². The Morgan fingerprint density at radius 3 is 2.58 bits per heavy atom. The maximum absolute atomic E-state index is 13.0. The first-order valence-corrected chi connectivity index (χ1v) is 11.0. The number of benzene rings is 1. The number of rotatable bonds is 9. The number of carbonyl (C=O) groups excluding carboxylic acids is 1. The van der Waals surface area contributed by atoms with Gasteiger partial charge >= 0.3 is 5.97 Å². The van der Waals surface area contributed by atoms with E-state index in [0.717, 1.165) is 25.7 Å². The molecule has 1 heterocycles. The Bertz CT molecular complexity index is 756. The molecular formula is C24H34O7. The minimum Gasteiger partial charge on any atom is -0.493 e. The van der Waals surface area contributed by atoms with Crippen molar-refractivity contribution in [3.05, 3.63) is 36.4 Å². The Morgan fingerprint density at radius 1 is 1.26 bits per heavy atom. The maximum atomic E-state index is 13.0. The van der Waals surface area contributed by atoms with Crippen molar-refractivity contribution in [2.45, 2.75) is 57.0 Å². The van der Waals surface area contributed by atoms with Gasteiger partial charge in [0.05, 0.1) is 45.6 Å². The summed E-state index contributed by atoms with van der Waals surface area (Å²) < 4.78 is 28.4. The smallest absolute Gasteiger partial charge is 0.312 e. The molecule has 4 atom stereocenters. The predicted octanol–water partition coefficient (Wildman–Crippen LogP) is 3.79. The molecule has 2 aliphatic rings. The molecular weight excluding hydrogens is 400 g/mol. The predicted molar refractivity (Wildman–Crippen MR) is 115 cm³/mol. The van der Waals surface area contributed by atoms with Crippen molar-refractivity contribution in [3.8, 4) is 11.5 Å². The first-order chi connectivity index (χ1) is 15.0. The van der Waals surface area contributed by atoms with E-state index in [1.54, 1.807) is 38.3 Å². The van der Waals surface area contributed by atoms with Gasteiger partial charge in [0.25, 0.3) is 0 Å². The van der Waals surface area contributed by atoms with Crippen LogP contribution in [-0.4, -0.2) is 50.4 Å². The number of hydrogen-bond acceptors (Lipinski definition) is 7. The van der Waals surface area contributed by atoms with Crippen LogP contribution in [0.5, 0.6) is 11.5 Å². The van der Waals surface area contributed by atoms with E-state index >= 15 is 0 Å². The summed E-state index contributed by atoms with van der Waals surface area (Å²) in [6.07, 6.45) is 5.11. The second-order valence-electron chi connectivity index (χ2n) is 8.09. The van der Waals surface area contributed by atoms with E-state index in [0.29, 0.717) is 23.7 Å². The fourth-order valence-corrected chi connectivity index (χ4v) is 4.63. The Kier molecular flexibility index (Phi) is 7.97. The average Bonchev–Trinajstić information content (AvgIpc) is 3.19. The van der Waals surface area contributed by atoms with Crippen LogP contribution in [0.15, 0.2) is 30.9 Å². The standard InChI is InChI=1S/C24H34O7/c1-5-17(20-15-30-24(31-20)12-8-7-9-13-24)21(23(26)29-6-2)22(25)16-10-11-18(27-3)19(14-16)28-4/h5,10-11,14,17,20-22,25H,1,6-9,12-13,15H2,2-4H3/t17-,20+,21+,22+/m0/s1. The second kappa shape index (κ2) is 10.5. The summed E-state index contributed by atoms with van der Waals surface area (Å²) in [6, 6.07) is 5.09.